The molecule has 0 saturated heterocycles. The van der Waals surface area contributed by atoms with Crippen molar-refractivity contribution in [2.45, 2.75) is 39.3 Å². The molecule has 0 amide bonds. The summed E-state index contributed by atoms with van der Waals surface area (Å²) in [6.45, 7) is 4.97. The molecule has 17 heavy (non-hydrogen) atoms. The van der Waals surface area contributed by atoms with E-state index in [4.69, 9.17) is 0 Å². The minimum absolute atomic E-state index is 0.512. The van der Waals surface area contributed by atoms with Crippen LogP contribution in [0.25, 0.3) is 0 Å². The molecule has 0 bridgehead atoms. The molecule has 0 aliphatic rings. The van der Waals surface area contributed by atoms with Gasteiger partial charge in [-0.1, -0.05) is 6.92 Å². The van der Waals surface area contributed by atoms with Gasteiger partial charge in [-0.15, -0.1) is 11.3 Å². The summed E-state index contributed by atoms with van der Waals surface area (Å²) < 4.78 is 1.87. The molecular formula is C12H17N3OS. The fraction of sp³-hybridized carbons (Fsp3) is 0.500. The number of aryl methyl sites for hydroxylation is 2. The summed E-state index contributed by atoms with van der Waals surface area (Å²) in [6, 6.07) is 0. The van der Waals surface area contributed by atoms with Gasteiger partial charge >= 0.3 is 0 Å². The summed E-state index contributed by atoms with van der Waals surface area (Å²) >= 11 is 1.61. The van der Waals surface area contributed by atoms with Gasteiger partial charge in [-0.05, 0) is 13.3 Å². The second-order valence-corrected chi connectivity index (χ2v) is 5.18. The predicted molar refractivity (Wildman–Crippen MR) is 68.0 cm³/mol. The average molecular weight is 251 g/mol. The first kappa shape index (κ1) is 12.3. The zero-order chi connectivity index (χ0) is 12.3. The Hall–Kier alpha value is -1.20. The molecule has 2 rings (SSSR count). The number of aromatic nitrogens is 3. The lowest BCUT2D eigenvalue weighted by Gasteiger charge is -2.05. The normalized spacial score (nSPS) is 12.9. The molecule has 0 aromatic carbocycles. The average Bonchev–Trinajstić information content (AvgIpc) is 2.88. The molecule has 0 radical (unpaired) electrons. The van der Waals surface area contributed by atoms with Gasteiger partial charge in [0, 0.05) is 30.1 Å². The van der Waals surface area contributed by atoms with Gasteiger partial charge in [-0.25, -0.2) is 4.98 Å². The van der Waals surface area contributed by atoms with Crippen LogP contribution in [-0.2, 0) is 13.0 Å². The quantitative estimate of drug-likeness (QED) is 0.887. The molecule has 5 heteroatoms. The maximum absolute atomic E-state index is 10.1. The standard InChI is InChI=1S/C12H17N3OS/c1-3-4-15-7-10(6-13-15)12(16)5-11-8-17-9(2)14-11/h6-8,12,16H,3-5H2,1-2H3. The van der Waals surface area contributed by atoms with E-state index in [0.717, 1.165) is 29.2 Å². The van der Waals surface area contributed by atoms with E-state index in [1.54, 1.807) is 17.5 Å². The van der Waals surface area contributed by atoms with Gasteiger partial charge in [-0.3, -0.25) is 4.68 Å². The third-order valence-electron chi connectivity index (χ3n) is 2.56. The van der Waals surface area contributed by atoms with Crippen molar-refractivity contribution in [1.82, 2.24) is 14.8 Å². The highest BCUT2D eigenvalue weighted by Gasteiger charge is 2.12. The third kappa shape index (κ3) is 3.14. The van der Waals surface area contributed by atoms with E-state index in [1.807, 2.05) is 23.2 Å². The molecule has 1 atom stereocenters. The van der Waals surface area contributed by atoms with Crippen molar-refractivity contribution in [2.24, 2.45) is 0 Å². The van der Waals surface area contributed by atoms with E-state index in [0.29, 0.717) is 6.42 Å². The Morgan fingerprint density at radius 2 is 2.35 bits per heavy atom. The highest BCUT2D eigenvalue weighted by Crippen LogP contribution is 2.19. The first-order valence-corrected chi connectivity index (χ1v) is 6.68. The largest absolute Gasteiger partial charge is 0.388 e. The monoisotopic (exact) mass is 251 g/mol. The molecular weight excluding hydrogens is 234 g/mol. The number of nitrogens with zero attached hydrogens (tertiary/aromatic N) is 3. The molecule has 2 heterocycles. The highest BCUT2D eigenvalue weighted by molar-refractivity contribution is 7.09. The Bertz CT molecular complexity index is 478. The molecule has 0 aliphatic carbocycles. The molecule has 0 saturated carbocycles. The van der Waals surface area contributed by atoms with Crippen LogP contribution < -0.4 is 0 Å². The molecule has 4 nitrogen and oxygen atoms in total. The SMILES string of the molecule is CCCn1cc(C(O)Cc2csc(C)n2)cn1. The number of rotatable bonds is 5. The Kier molecular flexibility index (Phi) is 3.91. The number of thiazole rings is 1. The van der Waals surface area contributed by atoms with Crippen LogP contribution in [0, 0.1) is 6.92 Å². The lowest BCUT2D eigenvalue weighted by molar-refractivity contribution is 0.177. The van der Waals surface area contributed by atoms with E-state index in [1.165, 1.54) is 0 Å². The number of aliphatic hydroxyl groups excluding tert-OH is 1. The summed E-state index contributed by atoms with van der Waals surface area (Å²) in [7, 11) is 0. The van der Waals surface area contributed by atoms with Crippen LogP contribution in [0.2, 0.25) is 0 Å². The van der Waals surface area contributed by atoms with Crippen LogP contribution in [0.3, 0.4) is 0 Å². The Morgan fingerprint density at radius 1 is 1.53 bits per heavy atom. The minimum atomic E-state index is -0.512. The fourth-order valence-corrected chi connectivity index (χ4v) is 2.35. The maximum Gasteiger partial charge on any atom is 0.0897 e. The van der Waals surface area contributed by atoms with E-state index in [9.17, 15) is 5.11 Å². The van der Waals surface area contributed by atoms with Gasteiger partial charge < -0.3 is 5.11 Å². The second kappa shape index (κ2) is 5.42. The lowest BCUT2D eigenvalue weighted by atomic mass is 10.1. The van der Waals surface area contributed by atoms with E-state index in [-0.39, 0.29) is 0 Å². The number of hydrogen-bond donors (Lipinski definition) is 1. The first-order chi connectivity index (χ1) is 8.19. The lowest BCUT2D eigenvalue weighted by Crippen LogP contribution is -2.01. The molecule has 0 fully saturated rings. The van der Waals surface area contributed by atoms with Crippen LogP contribution in [0.1, 0.15) is 35.7 Å². The van der Waals surface area contributed by atoms with Gasteiger partial charge in [0.2, 0.25) is 0 Å². The summed E-state index contributed by atoms with van der Waals surface area (Å²) in [5, 5.41) is 17.3. The van der Waals surface area contributed by atoms with Crippen LogP contribution in [-0.4, -0.2) is 19.9 Å². The summed E-state index contributed by atoms with van der Waals surface area (Å²) in [4.78, 5) is 4.35. The van der Waals surface area contributed by atoms with Crippen LogP contribution in [0.5, 0.6) is 0 Å². The van der Waals surface area contributed by atoms with Crippen molar-refractivity contribution >= 4 is 11.3 Å². The predicted octanol–water partition coefficient (Wildman–Crippen LogP) is 2.33. The van der Waals surface area contributed by atoms with Crippen molar-refractivity contribution in [1.29, 1.82) is 0 Å². The van der Waals surface area contributed by atoms with Crippen LogP contribution >= 0.6 is 11.3 Å². The maximum atomic E-state index is 10.1. The third-order valence-corrected chi connectivity index (χ3v) is 3.38. The number of aliphatic hydroxyl groups is 1. The molecule has 92 valence electrons. The Balaban J connectivity index is 2.01. The smallest absolute Gasteiger partial charge is 0.0897 e. The van der Waals surface area contributed by atoms with Gasteiger partial charge in [0.1, 0.15) is 0 Å². The van der Waals surface area contributed by atoms with Crippen LogP contribution in [0.15, 0.2) is 17.8 Å². The van der Waals surface area contributed by atoms with Crippen molar-refractivity contribution < 1.29 is 5.11 Å². The molecule has 1 unspecified atom stereocenters. The first-order valence-electron chi connectivity index (χ1n) is 5.80. The van der Waals surface area contributed by atoms with Crippen LogP contribution in [0.4, 0.5) is 0 Å². The van der Waals surface area contributed by atoms with Gasteiger partial charge in [-0.2, -0.15) is 5.10 Å². The van der Waals surface area contributed by atoms with Gasteiger partial charge in [0.05, 0.1) is 23.0 Å². The molecule has 0 spiro atoms. The van der Waals surface area contributed by atoms with Crippen molar-refractivity contribution in [2.75, 3.05) is 0 Å². The van der Waals surface area contributed by atoms with Crippen molar-refractivity contribution in [3.63, 3.8) is 0 Å². The molecule has 0 aliphatic heterocycles. The Labute approximate surface area is 105 Å². The fourth-order valence-electron chi connectivity index (χ4n) is 1.72. The second-order valence-electron chi connectivity index (χ2n) is 4.11. The van der Waals surface area contributed by atoms with Crippen molar-refractivity contribution in [3.8, 4) is 0 Å². The zero-order valence-corrected chi connectivity index (χ0v) is 10.9. The number of hydrogen-bond acceptors (Lipinski definition) is 4. The van der Waals surface area contributed by atoms with E-state index >= 15 is 0 Å². The van der Waals surface area contributed by atoms with Crippen molar-refractivity contribution in [3.05, 3.63) is 34.0 Å². The molecule has 2 aromatic rings. The van der Waals surface area contributed by atoms with E-state index in [2.05, 4.69) is 17.0 Å². The minimum Gasteiger partial charge on any atom is -0.388 e. The highest BCUT2D eigenvalue weighted by atomic mass is 32.1. The van der Waals surface area contributed by atoms with E-state index < -0.39 is 6.10 Å². The summed E-state index contributed by atoms with van der Waals surface area (Å²) in [5.74, 6) is 0. The van der Waals surface area contributed by atoms with Gasteiger partial charge in [0.15, 0.2) is 0 Å². The topological polar surface area (TPSA) is 50.9 Å². The molecule has 2 aromatic heterocycles. The molecule has 1 N–H and O–H groups in total. The Morgan fingerprint density at radius 3 is 3.00 bits per heavy atom. The van der Waals surface area contributed by atoms with Gasteiger partial charge in [0.25, 0.3) is 0 Å². The zero-order valence-electron chi connectivity index (χ0n) is 10.1. The summed E-state index contributed by atoms with van der Waals surface area (Å²) in [6.07, 6.45) is 4.74. The summed E-state index contributed by atoms with van der Waals surface area (Å²) in [5.41, 5.74) is 1.81.